The molecule has 0 aromatic heterocycles. The van der Waals surface area contributed by atoms with Crippen molar-refractivity contribution in [3.05, 3.63) is 64.2 Å². The first-order valence-corrected chi connectivity index (χ1v) is 12.1. The molecule has 2 aromatic rings. The predicted molar refractivity (Wildman–Crippen MR) is 145 cm³/mol. The maximum Gasteiger partial charge on any atom is 0.221 e. The molecule has 0 bridgehead atoms. The third-order valence-corrected chi connectivity index (χ3v) is 4.92. The van der Waals surface area contributed by atoms with E-state index >= 15 is 0 Å². The maximum absolute atomic E-state index is 9.55. The van der Waals surface area contributed by atoms with Crippen LogP contribution in [0.1, 0.15) is 67.5 Å². The summed E-state index contributed by atoms with van der Waals surface area (Å²) in [7, 11) is 1.59. The second-order valence-electron chi connectivity index (χ2n) is 8.97. The number of methoxy groups -OCH3 is 1. The topological polar surface area (TPSA) is 80.5 Å². The van der Waals surface area contributed by atoms with Crippen LogP contribution in [0.3, 0.4) is 0 Å². The number of aliphatic hydroxyl groups excluding tert-OH is 2. The number of hydrogen-bond acceptors (Lipinski definition) is 6. The van der Waals surface area contributed by atoms with Gasteiger partial charge in [-0.2, -0.15) is 0 Å². The first-order valence-electron chi connectivity index (χ1n) is 12.1. The fourth-order valence-electron chi connectivity index (χ4n) is 3.49. The van der Waals surface area contributed by atoms with E-state index in [1.807, 2.05) is 65.8 Å². The zero-order chi connectivity index (χ0) is 26.7. The summed E-state index contributed by atoms with van der Waals surface area (Å²) >= 11 is 0. The van der Waals surface area contributed by atoms with Gasteiger partial charge in [-0.05, 0) is 88.1 Å². The lowest BCUT2D eigenvalue weighted by atomic mass is 10.0. The van der Waals surface area contributed by atoms with Gasteiger partial charge >= 0.3 is 0 Å². The molecule has 1 atom stereocenters. The Morgan fingerprint density at radius 1 is 0.914 bits per heavy atom. The second-order valence-corrected chi connectivity index (χ2v) is 8.97. The van der Waals surface area contributed by atoms with E-state index in [0.717, 1.165) is 39.1 Å². The van der Waals surface area contributed by atoms with Crippen molar-refractivity contribution in [3.63, 3.8) is 0 Å². The van der Waals surface area contributed by atoms with Gasteiger partial charge in [-0.15, -0.1) is 0 Å². The molecule has 35 heavy (non-hydrogen) atoms. The minimum absolute atomic E-state index is 0.0275. The highest BCUT2D eigenvalue weighted by molar-refractivity contribution is 5.98. The molecule has 0 spiro atoms. The summed E-state index contributed by atoms with van der Waals surface area (Å²) in [6.45, 7) is 19.9. The van der Waals surface area contributed by atoms with E-state index < -0.39 is 6.10 Å². The number of aliphatic imine (C=N–C) groups is 1. The molecule has 2 N–H and O–H groups in total. The van der Waals surface area contributed by atoms with Crippen LogP contribution in [-0.2, 0) is 4.74 Å². The Labute approximate surface area is 211 Å². The molecule has 6 nitrogen and oxygen atoms in total. The van der Waals surface area contributed by atoms with E-state index in [2.05, 4.69) is 25.4 Å². The first-order chi connectivity index (χ1) is 16.5. The second kappa shape index (κ2) is 14.5. The Kier molecular flexibility index (Phi) is 12.5. The number of ether oxygens (including phenoxy) is 3. The number of aryl methyl sites for hydroxylation is 4. The molecule has 0 amide bonds. The van der Waals surface area contributed by atoms with Gasteiger partial charge in [-0.3, -0.25) is 0 Å². The molecule has 2 aromatic carbocycles. The van der Waals surface area contributed by atoms with Gasteiger partial charge in [-0.25, -0.2) is 4.99 Å². The van der Waals surface area contributed by atoms with Crippen LogP contribution in [0.5, 0.6) is 11.5 Å². The van der Waals surface area contributed by atoms with Crippen LogP contribution in [0.25, 0.3) is 5.70 Å². The summed E-state index contributed by atoms with van der Waals surface area (Å²) in [5.74, 6) is 2.03. The normalized spacial score (nSPS) is 12.1. The van der Waals surface area contributed by atoms with Gasteiger partial charge in [0.25, 0.3) is 0 Å². The molecule has 194 valence electrons. The zero-order valence-electron chi connectivity index (χ0n) is 22.9. The molecule has 0 aliphatic carbocycles. The predicted octanol–water partition coefficient (Wildman–Crippen LogP) is 5.92. The Morgan fingerprint density at radius 3 is 1.80 bits per heavy atom. The molecular weight excluding hydrogens is 442 g/mol. The van der Waals surface area contributed by atoms with Gasteiger partial charge < -0.3 is 24.4 Å². The number of benzene rings is 2. The van der Waals surface area contributed by atoms with Crippen LogP contribution in [0.2, 0.25) is 0 Å². The largest absolute Gasteiger partial charge is 0.490 e. The van der Waals surface area contributed by atoms with Gasteiger partial charge in [0.15, 0.2) is 0 Å². The van der Waals surface area contributed by atoms with Crippen LogP contribution < -0.4 is 9.47 Å². The Hall–Kier alpha value is -2.83. The van der Waals surface area contributed by atoms with Crippen LogP contribution in [0.15, 0.2) is 35.8 Å². The van der Waals surface area contributed by atoms with Gasteiger partial charge in [0.05, 0.1) is 25.5 Å². The smallest absolute Gasteiger partial charge is 0.221 e. The van der Waals surface area contributed by atoms with Crippen molar-refractivity contribution >= 4 is 11.6 Å². The van der Waals surface area contributed by atoms with Gasteiger partial charge in [0.2, 0.25) is 5.90 Å². The molecular formula is C29H43NO5. The Balaban J connectivity index is 0.00000194. The highest BCUT2D eigenvalue weighted by Gasteiger charge is 2.14. The highest BCUT2D eigenvalue weighted by atomic mass is 16.5. The molecule has 0 fully saturated rings. The number of rotatable bonds is 9. The van der Waals surface area contributed by atoms with Gasteiger partial charge in [0, 0.05) is 11.1 Å². The monoisotopic (exact) mass is 485 g/mol. The third kappa shape index (κ3) is 9.04. The number of nitrogens with zero attached hydrogens (tertiary/aromatic N) is 1. The lowest BCUT2D eigenvalue weighted by Crippen LogP contribution is -2.21. The average Bonchev–Trinajstić information content (AvgIpc) is 2.79. The summed E-state index contributed by atoms with van der Waals surface area (Å²) < 4.78 is 17.2. The van der Waals surface area contributed by atoms with Crippen molar-refractivity contribution in [2.45, 2.75) is 74.0 Å². The maximum atomic E-state index is 9.55. The molecule has 2 rings (SSSR count). The van der Waals surface area contributed by atoms with Crippen molar-refractivity contribution in [1.29, 1.82) is 0 Å². The zero-order valence-corrected chi connectivity index (χ0v) is 22.9. The molecule has 0 heterocycles. The lowest BCUT2D eigenvalue weighted by molar-refractivity contribution is 0.0532. The molecule has 0 aliphatic heterocycles. The quantitative estimate of drug-likeness (QED) is 0.340. The highest BCUT2D eigenvalue weighted by Crippen LogP contribution is 2.30. The third-order valence-electron chi connectivity index (χ3n) is 4.92. The van der Waals surface area contributed by atoms with E-state index in [0.29, 0.717) is 17.3 Å². The van der Waals surface area contributed by atoms with Gasteiger partial charge in [-0.1, -0.05) is 26.8 Å². The Bertz CT molecular complexity index is 964. The van der Waals surface area contributed by atoms with Crippen LogP contribution >= 0.6 is 0 Å². The van der Waals surface area contributed by atoms with Crippen LogP contribution in [0.4, 0.5) is 0 Å². The number of hydrogen-bond donors (Lipinski definition) is 2. The standard InChI is InChI=1S/C26H35NO5.C3H8/c1-15(2)32-25-18(5)11-22(12-19(25)6)26(30-8)27-20(7)21-9-16(3)24(17(4)10-21)31-14-23(29)13-28;1-3-2/h9-12,15,23,28-29H,7,13-14H2,1-6,8H3;3H2,1-2H3. The van der Waals surface area contributed by atoms with E-state index in [-0.39, 0.29) is 19.3 Å². The van der Waals surface area contributed by atoms with Crippen molar-refractivity contribution in [3.8, 4) is 11.5 Å². The summed E-state index contributed by atoms with van der Waals surface area (Å²) in [6.07, 6.45) is 0.431. The summed E-state index contributed by atoms with van der Waals surface area (Å²) in [6, 6.07) is 7.87. The molecule has 0 saturated carbocycles. The van der Waals surface area contributed by atoms with Crippen molar-refractivity contribution in [2.24, 2.45) is 4.99 Å². The number of aliphatic hydroxyl groups is 2. The van der Waals surface area contributed by atoms with E-state index in [4.69, 9.17) is 19.3 Å². The van der Waals surface area contributed by atoms with Crippen molar-refractivity contribution in [2.75, 3.05) is 20.3 Å². The van der Waals surface area contributed by atoms with E-state index in [1.54, 1.807) is 7.11 Å². The lowest BCUT2D eigenvalue weighted by Gasteiger charge is -2.17. The SMILES string of the molecule is C=C(N=C(OC)c1cc(C)c(OC(C)C)c(C)c1)c1cc(C)c(OCC(O)CO)c(C)c1.CCC. The minimum atomic E-state index is -0.915. The Morgan fingerprint density at radius 2 is 1.37 bits per heavy atom. The van der Waals surface area contributed by atoms with Crippen LogP contribution in [0, 0.1) is 27.7 Å². The summed E-state index contributed by atoms with van der Waals surface area (Å²) in [5.41, 5.74) is 6.08. The summed E-state index contributed by atoms with van der Waals surface area (Å²) in [5, 5.41) is 18.5. The summed E-state index contributed by atoms with van der Waals surface area (Å²) in [4.78, 5) is 4.65. The van der Waals surface area contributed by atoms with Crippen molar-refractivity contribution in [1.82, 2.24) is 0 Å². The van der Waals surface area contributed by atoms with E-state index in [9.17, 15) is 5.11 Å². The minimum Gasteiger partial charge on any atom is -0.490 e. The molecule has 0 aliphatic rings. The van der Waals surface area contributed by atoms with Crippen LogP contribution in [-0.4, -0.2) is 48.6 Å². The average molecular weight is 486 g/mol. The fourth-order valence-corrected chi connectivity index (χ4v) is 3.49. The molecule has 1 unspecified atom stereocenters. The van der Waals surface area contributed by atoms with Gasteiger partial charge in [0.1, 0.15) is 24.2 Å². The first kappa shape index (κ1) is 30.2. The fraction of sp³-hybridized carbons (Fsp3) is 0.483. The van der Waals surface area contributed by atoms with E-state index in [1.165, 1.54) is 6.42 Å². The molecule has 6 heteroatoms. The van der Waals surface area contributed by atoms with Crippen molar-refractivity contribution < 1.29 is 24.4 Å². The molecule has 0 saturated heterocycles. The molecule has 0 radical (unpaired) electrons.